The van der Waals surface area contributed by atoms with E-state index in [0.29, 0.717) is 13.2 Å². The molecule has 2 aromatic heterocycles. The van der Waals surface area contributed by atoms with Crippen LogP contribution in [0.2, 0.25) is 0 Å². The highest BCUT2D eigenvalue weighted by Crippen LogP contribution is 2.25. The molecule has 3 rings (SSSR count). The van der Waals surface area contributed by atoms with Crippen molar-refractivity contribution in [2.45, 2.75) is 31.3 Å². The Morgan fingerprint density at radius 3 is 2.71 bits per heavy atom. The van der Waals surface area contributed by atoms with Crippen LogP contribution >= 0.6 is 11.8 Å². The van der Waals surface area contributed by atoms with Gasteiger partial charge < -0.3 is 14.0 Å². The molecule has 21 heavy (non-hydrogen) atoms. The van der Waals surface area contributed by atoms with Crippen molar-refractivity contribution in [2.24, 2.45) is 0 Å². The fraction of sp³-hybridized carbons (Fsp3) is 0.500. The van der Waals surface area contributed by atoms with E-state index in [9.17, 15) is 0 Å². The molecule has 0 atom stereocenters. The van der Waals surface area contributed by atoms with Gasteiger partial charge in [0.1, 0.15) is 0 Å². The minimum Gasteiger partial charge on any atom is -0.349 e. The fourth-order valence-electron chi connectivity index (χ4n) is 2.18. The third-order valence-corrected chi connectivity index (χ3v) is 4.14. The number of hydrogen-bond acceptors (Lipinski definition) is 6. The summed E-state index contributed by atoms with van der Waals surface area (Å²) in [5.41, 5.74) is 1.03. The first-order chi connectivity index (χ1) is 10.4. The van der Waals surface area contributed by atoms with Crippen molar-refractivity contribution in [2.75, 3.05) is 19.0 Å². The summed E-state index contributed by atoms with van der Waals surface area (Å²) in [4.78, 5) is 4.05. The van der Waals surface area contributed by atoms with Gasteiger partial charge in [-0.25, -0.2) is 0 Å². The topological polar surface area (TPSA) is 62.1 Å². The van der Waals surface area contributed by atoms with E-state index in [1.165, 1.54) is 0 Å². The van der Waals surface area contributed by atoms with Gasteiger partial charge in [-0.1, -0.05) is 18.7 Å². The summed E-state index contributed by atoms with van der Waals surface area (Å²) in [5.74, 6) is 1.62. The molecule has 0 spiro atoms. The van der Waals surface area contributed by atoms with E-state index in [-0.39, 0.29) is 6.29 Å². The smallest absolute Gasteiger partial charge is 0.191 e. The molecule has 3 heterocycles. The molecule has 0 unspecified atom stereocenters. The van der Waals surface area contributed by atoms with Crippen molar-refractivity contribution in [3.8, 4) is 11.4 Å². The van der Waals surface area contributed by atoms with Crippen LogP contribution in [0, 0.1) is 0 Å². The number of hydrogen-bond donors (Lipinski definition) is 0. The first-order valence-electron chi connectivity index (χ1n) is 7.08. The summed E-state index contributed by atoms with van der Waals surface area (Å²) in [7, 11) is 0. The van der Waals surface area contributed by atoms with Crippen LogP contribution in [-0.2, 0) is 16.0 Å². The van der Waals surface area contributed by atoms with Crippen LogP contribution in [0.25, 0.3) is 11.4 Å². The van der Waals surface area contributed by atoms with E-state index in [0.717, 1.165) is 35.3 Å². The Bertz CT molecular complexity index is 570. The third-order valence-electron chi connectivity index (χ3n) is 3.14. The van der Waals surface area contributed by atoms with E-state index in [1.54, 1.807) is 24.2 Å². The lowest BCUT2D eigenvalue weighted by atomic mass is 10.2. The van der Waals surface area contributed by atoms with Gasteiger partial charge >= 0.3 is 0 Å². The Morgan fingerprint density at radius 1 is 1.24 bits per heavy atom. The summed E-state index contributed by atoms with van der Waals surface area (Å²) in [5, 5.41) is 9.55. The van der Waals surface area contributed by atoms with E-state index in [4.69, 9.17) is 9.47 Å². The lowest BCUT2D eigenvalue weighted by Gasteiger charge is -2.10. The quantitative estimate of drug-likeness (QED) is 0.763. The fourth-order valence-corrected chi connectivity index (χ4v) is 3.09. The zero-order valence-electron chi connectivity index (χ0n) is 11.9. The summed E-state index contributed by atoms with van der Waals surface area (Å²) in [6.45, 7) is 4.39. The Morgan fingerprint density at radius 2 is 2.00 bits per heavy atom. The molecule has 1 saturated heterocycles. The Hall–Kier alpha value is -1.44. The second kappa shape index (κ2) is 7.02. The predicted octanol–water partition coefficient (Wildman–Crippen LogP) is 2.22. The molecule has 0 amide bonds. The van der Waals surface area contributed by atoms with Gasteiger partial charge in [-0.15, -0.1) is 10.2 Å². The molecule has 1 aliphatic heterocycles. The predicted molar refractivity (Wildman–Crippen MR) is 80.0 cm³/mol. The Labute approximate surface area is 127 Å². The van der Waals surface area contributed by atoms with E-state index >= 15 is 0 Å². The van der Waals surface area contributed by atoms with E-state index in [2.05, 4.69) is 26.7 Å². The van der Waals surface area contributed by atoms with Gasteiger partial charge in [0.25, 0.3) is 0 Å². The number of ether oxygens (including phenoxy) is 2. The average molecular weight is 306 g/mol. The molecule has 112 valence electrons. The Balaban J connectivity index is 1.78. The maximum atomic E-state index is 5.46. The molecule has 6 nitrogen and oxygen atoms in total. The summed E-state index contributed by atoms with van der Waals surface area (Å²) in [6, 6.07) is 3.90. The third kappa shape index (κ3) is 3.42. The Kier molecular flexibility index (Phi) is 4.84. The van der Waals surface area contributed by atoms with Crippen LogP contribution in [0.3, 0.4) is 0 Å². The summed E-state index contributed by atoms with van der Waals surface area (Å²) in [6.07, 6.45) is 4.44. The lowest BCUT2D eigenvalue weighted by molar-refractivity contribution is -0.0215. The highest BCUT2D eigenvalue weighted by atomic mass is 32.2. The van der Waals surface area contributed by atoms with Crippen molar-refractivity contribution >= 4 is 11.8 Å². The van der Waals surface area contributed by atoms with Crippen LogP contribution in [-0.4, -0.2) is 45.0 Å². The highest BCUT2D eigenvalue weighted by Gasteiger charge is 2.19. The van der Waals surface area contributed by atoms with Crippen molar-refractivity contribution in [3.63, 3.8) is 0 Å². The molecule has 0 radical (unpaired) electrons. The van der Waals surface area contributed by atoms with Gasteiger partial charge in [-0.05, 0) is 18.6 Å². The number of nitrogens with zero attached hydrogens (tertiary/aromatic N) is 4. The second-order valence-corrected chi connectivity index (χ2v) is 5.66. The van der Waals surface area contributed by atoms with Gasteiger partial charge in [-0.2, -0.15) is 0 Å². The SMILES string of the molecule is CCCn1c(SCC2OCCO2)nnc1-c1ccncc1. The molecule has 0 aromatic carbocycles. The highest BCUT2D eigenvalue weighted by molar-refractivity contribution is 7.99. The molecule has 1 aliphatic rings. The second-order valence-electron chi connectivity index (χ2n) is 4.68. The monoisotopic (exact) mass is 306 g/mol. The molecular weight excluding hydrogens is 288 g/mol. The van der Waals surface area contributed by atoms with E-state index < -0.39 is 0 Å². The molecule has 1 fully saturated rings. The van der Waals surface area contributed by atoms with Crippen LogP contribution in [0.1, 0.15) is 13.3 Å². The summed E-state index contributed by atoms with van der Waals surface area (Å²) >= 11 is 1.62. The van der Waals surface area contributed by atoms with Crippen LogP contribution in [0.4, 0.5) is 0 Å². The van der Waals surface area contributed by atoms with Crippen LogP contribution in [0.15, 0.2) is 29.7 Å². The van der Waals surface area contributed by atoms with E-state index in [1.807, 2.05) is 12.1 Å². The number of rotatable bonds is 6. The standard InChI is InChI=1S/C14H18N4O2S/c1-2-7-18-13(11-3-5-15-6-4-11)16-17-14(18)21-10-12-19-8-9-20-12/h3-6,12H,2,7-10H2,1H3. The van der Waals surface area contributed by atoms with Crippen molar-refractivity contribution in [1.82, 2.24) is 19.7 Å². The van der Waals surface area contributed by atoms with Gasteiger partial charge in [0.05, 0.1) is 19.0 Å². The largest absolute Gasteiger partial charge is 0.349 e. The minimum atomic E-state index is -0.133. The maximum absolute atomic E-state index is 5.46. The normalized spacial score (nSPS) is 15.7. The first-order valence-corrected chi connectivity index (χ1v) is 8.06. The molecule has 2 aromatic rings. The average Bonchev–Trinajstić information content (AvgIpc) is 3.16. The molecule has 0 N–H and O–H groups in total. The molecule has 7 heteroatoms. The van der Waals surface area contributed by atoms with Gasteiger partial charge in [-0.3, -0.25) is 4.98 Å². The lowest BCUT2D eigenvalue weighted by Crippen LogP contribution is -2.11. The van der Waals surface area contributed by atoms with Crippen molar-refractivity contribution in [1.29, 1.82) is 0 Å². The maximum Gasteiger partial charge on any atom is 0.191 e. The summed E-state index contributed by atoms with van der Waals surface area (Å²) < 4.78 is 13.1. The molecule has 0 aliphatic carbocycles. The van der Waals surface area contributed by atoms with Gasteiger partial charge in [0.2, 0.25) is 0 Å². The van der Waals surface area contributed by atoms with Crippen LogP contribution < -0.4 is 0 Å². The van der Waals surface area contributed by atoms with Gasteiger partial charge in [0.15, 0.2) is 17.3 Å². The van der Waals surface area contributed by atoms with Crippen molar-refractivity contribution < 1.29 is 9.47 Å². The molecular formula is C14H18N4O2S. The first kappa shape index (κ1) is 14.5. The number of pyridine rings is 1. The number of thioether (sulfide) groups is 1. The number of aromatic nitrogens is 4. The minimum absolute atomic E-state index is 0.133. The zero-order valence-corrected chi connectivity index (χ0v) is 12.8. The van der Waals surface area contributed by atoms with Crippen molar-refractivity contribution in [3.05, 3.63) is 24.5 Å². The van der Waals surface area contributed by atoms with Crippen LogP contribution in [0.5, 0.6) is 0 Å². The molecule has 0 saturated carbocycles. The zero-order chi connectivity index (χ0) is 14.5. The van der Waals surface area contributed by atoms with Gasteiger partial charge in [0, 0.05) is 24.5 Å². The molecule has 0 bridgehead atoms.